The van der Waals surface area contributed by atoms with Crippen LogP contribution >= 0.6 is 11.6 Å². The van der Waals surface area contributed by atoms with E-state index in [9.17, 15) is 4.79 Å². The molecule has 0 aliphatic heterocycles. The summed E-state index contributed by atoms with van der Waals surface area (Å²) in [7, 11) is 0. The predicted molar refractivity (Wildman–Crippen MR) is 88.3 cm³/mol. The molecule has 0 unspecified atom stereocenters. The number of hydrogen-bond acceptors (Lipinski definition) is 4. The molecular formula is C16H12ClN5O. The Morgan fingerprint density at radius 2 is 1.91 bits per heavy atom. The minimum atomic E-state index is -0.268. The van der Waals surface area contributed by atoms with Crippen LogP contribution in [0.15, 0.2) is 61.2 Å². The van der Waals surface area contributed by atoms with Gasteiger partial charge in [0.1, 0.15) is 0 Å². The van der Waals surface area contributed by atoms with Crippen LogP contribution in [0.3, 0.4) is 0 Å². The summed E-state index contributed by atoms with van der Waals surface area (Å²) in [5, 5.41) is 7.37. The van der Waals surface area contributed by atoms with Crippen LogP contribution in [0.4, 0.5) is 5.69 Å². The van der Waals surface area contributed by atoms with Crippen LogP contribution in [0.5, 0.6) is 0 Å². The van der Waals surface area contributed by atoms with Crippen LogP contribution < -0.4 is 5.32 Å². The van der Waals surface area contributed by atoms with Crippen molar-refractivity contribution in [2.24, 2.45) is 0 Å². The number of amides is 1. The van der Waals surface area contributed by atoms with Gasteiger partial charge in [0.25, 0.3) is 5.95 Å². The Bertz CT molecular complexity index is 811. The van der Waals surface area contributed by atoms with E-state index in [0.717, 1.165) is 5.56 Å². The fourth-order valence-electron chi connectivity index (χ4n) is 1.82. The lowest BCUT2D eigenvalue weighted by atomic mass is 10.2. The van der Waals surface area contributed by atoms with Gasteiger partial charge in [0.05, 0.1) is 18.1 Å². The second-order valence-corrected chi connectivity index (χ2v) is 5.03. The van der Waals surface area contributed by atoms with E-state index in [1.165, 1.54) is 23.2 Å². The predicted octanol–water partition coefficient (Wildman–Crippen LogP) is 2.97. The number of nitrogens with zero attached hydrogens (tertiary/aromatic N) is 4. The molecule has 0 fully saturated rings. The van der Waals surface area contributed by atoms with E-state index in [1.54, 1.807) is 36.7 Å². The van der Waals surface area contributed by atoms with Gasteiger partial charge in [-0.05, 0) is 29.8 Å². The van der Waals surface area contributed by atoms with Gasteiger partial charge in [0.2, 0.25) is 5.91 Å². The van der Waals surface area contributed by atoms with Gasteiger partial charge in [-0.2, -0.15) is 5.10 Å². The van der Waals surface area contributed by atoms with Gasteiger partial charge in [-0.1, -0.05) is 23.7 Å². The molecule has 6 nitrogen and oxygen atoms in total. The number of halogens is 1. The molecule has 3 aromatic rings. The molecule has 0 atom stereocenters. The molecule has 0 bridgehead atoms. The highest BCUT2D eigenvalue weighted by Gasteiger charge is 2.02. The summed E-state index contributed by atoms with van der Waals surface area (Å²) in [4.78, 5) is 20.1. The van der Waals surface area contributed by atoms with Crippen molar-refractivity contribution in [2.45, 2.75) is 0 Å². The molecular weight excluding hydrogens is 314 g/mol. The van der Waals surface area contributed by atoms with Crippen LogP contribution in [-0.4, -0.2) is 25.7 Å². The normalized spacial score (nSPS) is 10.8. The maximum Gasteiger partial charge on any atom is 0.250 e. The molecule has 0 aliphatic carbocycles. The molecule has 2 heterocycles. The third-order valence-electron chi connectivity index (χ3n) is 2.91. The van der Waals surface area contributed by atoms with Gasteiger partial charge in [-0.15, -0.1) is 0 Å². The number of carbonyl (C=O) groups is 1. The minimum Gasteiger partial charge on any atom is -0.320 e. The molecule has 0 saturated carbocycles. The third kappa shape index (κ3) is 4.02. The molecule has 3 rings (SSSR count). The first kappa shape index (κ1) is 14.9. The molecule has 0 aliphatic rings. The highest BCUT2D eigenvalue weighted by molar-refractivity contribution is 6.30. The summed E-state index contributed by atoms with van der Waals surface area (Å²) >= 11 is 5.81. The van der Waals surface area contributed by atoms with Crippen molar-refractivity contribution in [3.63, 3.8) is 0 Å². The Labute approximate surface area is 137 Å². The standard InChI is InChI=1S/C16H12ClN5O/c17-13-5-2-12(3-6-13)4-7-15(23)21-14-10-18-16(19-11-14)22-9-1-8-20-22/h1-11H,(H,21,23)/b7-4+. The zero-order chi connectivity index (χ0) is 16.1. The van der Waals surface area contributed by atoms with Gasteiger partial charge in [0.15, 0.2) is 0 Å². The van der Waals surface area contributed by atoms with Gasteiger partial charge in [0, 0.05) is 23.5 Å². The van der Waals surface area contributed by atoms with Crippen molar-refractivity contribution in [2.75, 3.05) is 5.32 Å². The van der Waals surface area contributed by atoms with Crippen LogP contribution in [0, 0.1) is 0 Å². The van der Waals surface area contributed by atoms with Gasteiger partial charge >= 0.3 is 0 Å². The summed E-state index contributed by atoms with van der Waals surface area (Å²) in [6.07, 6.45) is 9.56. The maximum atomic E-state index is 11.9. The van der Waals surface area contributed by atoms with Crippen molar-refractivity contribution in [1.82, 2.24) is 19.7 Å². The first-order valence-electron chi connectivity index (χ1n) is 6.77. The lowest BCUT2D eigenvalue weighted by Crippen LogP contribution is -2.09. The van der Waals surface area contributed by atoms with Crippen molar-refractivity contribution in [3.05, 3.63) is 71.8 Å². The number of carbonyl (C=O) groups excluding carboxylic acids is 1. The molecule has 1 N–H and O–H groups in total. The Hall–Kier alpha value is -2.99. The smallest absolute Gasteiger partial charge is 0.250 e. The average Bonchev–Trinajstić information content (AvgIpc) is 3.09. The molecule has 0 spiro atoms. The average molecular weight is 326 g/mol. The van der Waals surface area contributed by atoms with Crippen LogP contribution in [0.25, 0.3) is 12.0 Å². The van der Waals surface area contributed by atoms with Crippen molar-refractivity contribution in [3.8, 4) is 5.95 Å². The number of nitrogens with one attached hydrogen (secondary N) is 1. The fourth-order valence-corrected chi connectivity index (χ4v) is 1.95. The molecule has 2 aromatic heterocycles. The van der Waals surface area contributed by atoms with Gasteiger partial charge < -0.3 is 5.32 Å². The molecule has 7 heteroatoms. The highest BCUT2D eigenvalue weighted by atomic mass is 35.5. The molecule has 0 saturated heterocycles. The van der Waals surface area contributed by atoms with E-state index in [0.29, 0.717) is 16.7 Å². The van der Waals surface area contributed by atoms with Crippen LogP contribution in [-0.2, 0) is 4.79 Å². The van der Waals surface area contributed by atoms with Crippen LogP contribution in [0.2, 0.25) is 5.02 Å². The Balaban J connectivity index is 1.62. The number of rotatable bonds is 4. The molecule has 1 aromatic carbocycles. The second-order valence-electron chi connectivity index (χ2n) is 4.60. The van der Waals surface area contributed by atoms with E-state index in [4.69, 9.17) is 11.6 Å². The highest BCUT2D eigenvalue weighted by Crippen LogP contribution is 2.11. The first-order chi connectivity index (χ1) is 11.2. The summed E-state index contributed by atoms with van der Waals surface area (Å²) in [6, 6.07) is 8.96. The Kier molecular flexibility index (Phi) is 4.44. The van der Waals surface area contributed by atoms with E-state index < -0.39 is 0 Å². The number of hydrogen-bond donors (Lipinski definition) is 1. The number of anilines is 1. The maximum absolute atomic E-state index is 11.9. The summed E-state index contributed by atoms with van der Waals surface area (Å²) in [5.74, 6) is 0.167. The Morgan fingerprint density at radius 1 is 1.17 bits per heavy atom. The van der Waals surface area contributed by atoms with Gasteiger partial charge in [-0.3, -0.25) is 4.79 Å². The van der Waals surface area contributed by atoms with E-state index in [1.807, 2.05) is 12.1 Å². The molecule has 23 heavy (non-hydrogen) atoms. The van der Waals surface area contributed by atoms with Crippen molar-refractivity contribution in [1.29, 1.82) is 0 Å². The second kappa shape index (κ2) is 6.85. The van der Waals surface area contributed by atoms with Crippen LogP contribution in [0.1, 0.15) is 5.56 Å². The molecule has 0 radical (unpaired) electrons. The van der Waals surface area contributed by atoms with E-state index >= 15 is 0 Å². The first-order valence-corrected chi connectivity index (χ1v) is 7.15. The monoisotopic (exact) mass is 325 g/mol. The van der Waals surface area contributed by atoms with E-state index in [-0.39, 0.29) is 5.91 Å². The van der Waals surface area contributed by atoms with Crippen molar-refractivity contribution >= 4 is 29.3 Å². The number of aromatic nitrogens is 4. The lowest BCUT2D eigenvalue weighted by Gasteiger charge is -2.03. The third-order valence-corrected chi connectivity index (χ3v) is 3.16. The van der Waals surface area contributed by atoms with Crippen molar-refractivity contribution < 1.29 is 4.79 Å². The quantitative estimate of drug-likeness (QED) is 0.748. The molecule has 1 amide bonds. The SMILES string of the molecule is O=C(/C=C/c1ccc(Cl)cc1)Nc1cnc(-n2cccn2)nc1. The molecule has 114 valence electrons. The number of benzene rings is 1. The van der Waals surface area contributed by atoms with E-state index in [2.05, 4.69) is 20.4 Å². The fraction of sp³-hybridized carbons (Fsp3) is 0. The summed E-state index contributed by atoms with van der Waals surface area (Å²) in [5.41, 5.74) is 1.39. The summed E-state index contributed by atoms with van der Waals surface area (Å²) < 4.78 is 1.53. The minimum absolute atomic E-state index is 0.268. The zero-order valence-electron chi connectivity index (χ0n) is 11.9. The largest absolute Gasteiger partial charge is 0.320 e. The van der Waals surface area contributed by atoms with Gasteiger partial charge in [-0.25, -0.2) is 14.6 Å². The zero-order valence-corrected chi connectivity index (χ0v) is 12.7. The Morgan fingerprint density at radius 3 is 2.57 bits per heavy atom. The summed E-state index contributed by atoms with van der Waals surface area (Å²) in [6.45, 7) is 0. The topological polar surface area (TPSA) is 72.7 Å². The lowest BCUT2D eigenvalue weighted by molar-refractivity contribution is -0.111.